The van der Waals surface area contributed by atoms with E-state index in [4.69, 9.17) is 0 Å². The first-order valence-electron chi connectivity index (χ1n) is 4.84. The van der Waals surface area contributed by atoms with Crippen molar-refractivity contribution in [2.45, 2.75) is 25.7 Å². The molecule has 0 amide bonds. The zero-order valence-electron chi connectivity index (χ0n) is 8.62. The quantitative estimate of drug-likeness (QED) is 0.627. The lowest BCUT2D eigenvalue weighted by Gasteiger charge is -2.24. The van der Waals surface area contributed by atoms with Crippen LogP contribution in [0.2, 0.25) is 0 Å². The van der Waals surface area contributed by atoms with Crippen LogP contribution in [0.4, 0.5) is 0 Å². The summed E-state index contributed by atoms with van der Waals surface area (Å²) in [6.45, 7) is 0. The summed E-state index contributed by atoms with van der Waals surface area (Å²) in [4.78, 5) is 22.3. The molecule has 0 aromatic rings. The molecule has 0 saturated heterocycles. The number of methoxy groups -OCH3 is 2. The predicted octanol–water partition coefficient (Wildman–Crippen LogP) is 1.14. The van der Waals surface area contributed by atoms with Crippen molar-refractivity contribution in [3.05, 3.63) is 0 Å². The number of ether oxygens (including phenoxy) is 2. The zero-order chi connectivity index (χ0) is 10.6. The Morgan fingerprint density at radius 1 is 0.857 bits per heavy atom. The van der Waals surface area contributed by atoms with E-state index in [0.29, 0.717) is 0 Å². The van der Waals surface area contributed by atoms with Crippen LogP contribution in [0.1, 0.15) is 25.7 Å². The van der Waals surface area contributed by atoms with Crippen LogP contribution in [-0.2, 0) is 19.1 Å². The number of hydrogen-bond acceptors (Lipinski definition) is 4. The maximum absolute atomic E-state index is 11.2. The fourth-order valence-electron chi connectivity index (χ4n) is 1.90. The summed E-state index contributed by atoms with van der Waals surface area (Å²) < 4.78 is 9.31. The summed E-state index contributed by atoms with van der Waals surface area (Å²) in [5.74, 6) is -0.372. The molecule has 1 saturated carbocycles. The van der Waals surface area contributed by atoms with Gasteiger partial charge in [0.05, 0.1) is 26.1 Å². The lowest BCUT2D eigenvalue weighted by molar-refractivity contribution is -0.151. The smallest absolute Gasteiger partial charge is 0.308 e. The fraction of sp³-hybridized carbons (Fsp3) is 0.800. The average molecular weight is 200 g/mol. The molecule has 0 aromatic heterocycles. The van der Waals surface area contributed by atoms with E-state index in [-0.39, 0.29) is 23.8 Å². The predicted molar refractivity (Wildman–Crippen MR) is 49.5 cm³/mol. The van der Waals surface area contributed by atoms with Crippen LogP contribution in [0.5, 0.6) is 0 Å². The number of esters is 2. The highest BCUT2D eigenvalue weighted by Gasteiger charge is 2.30. The molecule has 1 rings (SSSR count). The van der Waals surface area contributed by atoms with Crippen molar-refractivity contribution < 1.29 is 19.1 Å². The van der Waals surface area contributed by atoms with Crippen LogP contribution >= 0.6 is 0 Å². The standard InChI is InChI=1S/C10H16O4/c1-13-9(11)7-3-5-8(6-4-7)10(12)14-2/h7-8H,3-6H2,1-2H3/t7-,8+. The third kappa shape index (κ3) is 2.47. The molecule has 0 atom stereocenters. The molecular formula is C10H16O4. The molecule has 0 unspecified atom stereocenters. The maximum Gasteiger partial charge on any atom is 0.308 e. The third-order valence-electron chi connectivity index (χ3n) is 2.80. The Labute approximate surface area is 83.6 Å². The van der Waals surface area contributed by atoms with E-state index in [2.05, 4.69) is 9.47 Å². The molecule has 80 valence electrons. The van der Waals surface area contributed by atoms with Gasteiger partial charge in [-0.05, 0) is 25.7 Å². The van der Waals surface area contributed by atoms with Gasteiger partial charge in [0.2, 0.25) is 0 Å². The Kier molecular flexibility index (Phi) is 3.92. The number of rotatable bonds is 2. The lowest BCUT2D eigenvalue weighted by Crippen LogP contribution is -2.27. The Balaban J connectivity index is 2.38. The minimum atomic E-state index is -0.159. The van der Waals surface area contributed by atoms with Crippen molar-refractivity contribution in [3.63, 3.8) is 0 Å². The van der Waals surface area contributed by atoms with Gasteiger partial charge in [0.25, 0.3) is 0 Å². The molecule has 1 fully saturated rings. The van der Waals surface area contributed by atoms with Crippen molar-refractivity contribution >= 4 is 11.9 Å². The Morgan fingerprint density at radius 2 is 1.14 bits per heavy atom. The monoisotopic (exact) mass is 200 g/mol. The van der Waals surface area contributed by atoms with Crippen LogP contribution < -0.4 is 0 Å². The second-order valence-electron chi connectivity index (χ2n) is 3.59. The first kappa shape index (κ1) is 11.0. The molecule has 1 aliphatic carbocycles. The largest absolute Gasteiger partial charge is 0.469 e. The van der Waals surface area contributed by atoms with Gasteiger partial charge in [0, 0.05) is 0 Å². The highest BCUT2D eigenvalue weighted by Crippen LogP contribution is 2.30. The van der Waals surface area contributed by atoms with Crippen molar-refractivity contribution in [2.24, 2.45) is 11.8 Å². The molecule has 4 heteroatoms. The molecule has 0 bridgehead atoms. The van der Waals surface area contributed by atoms with Gasteiger partial charge in [0.15, 0.2) is 0 Å². The Morgan fingerprint density at radius 3 is 1.36 bits per heavy atom. The van der Waals surface area contributed by atoms with Gasteiger partial charge in [-0.25, -0.2) is 0 Å². The summed E-state index contributed by atoms with van der Waals surface area (Å²) in [7, 11) is 2.80. The van der Waals surface area contributed by atoms with Gasteiger partial charge in [0.1, 0.15) is 0 Å². The second-order valence-corrected chi connectivity index (χ2v) is 3.59. The first-order chi connectivity index (χ1) is 6.69. The Bertz CT molecular complexity index is 192. The van der Waals surface area contributed by atoms with Gasteiger partial charge < -0.3 is 9.47 Å². The summed E-state index contributed by atoms with van der Waals surface area (Å²) in [5.41, 5.74) is 0. The van der Waals surface area contributed by atoms with E-state index in [9.17, 15) is 9.59 Å². The molecule has 14 heavy (non-hydrogen) atoms. The lowest BCUT2D eigenvalue weighted by atomic mass is 9.82. The van der Waals surface area contributed by atoms with Crippen molar-refractivity contribution in [3.8, 4) is 0 Å². The fourth-order valence-corrected chi connectivity index (χ4v) is 1.90. The molecule has 0 heterocycles. The zero-order valence-corrected chi connectivity index (χ0v) is 8.62. The summed E-state index contributed by atoms with van der Waals surface area (Å²) in [6, 6.07) is 0. The van der Waals surface area contributed by atoms with E-state index in [1.807, 2.05) is 0 Å². The highest BCUT2D eigenvalue weighted by atomic mass is 16.5. The van der Waals surface area contributed by atoms with Gasteiger partial charge >= 0.3 is 11.9 Å². The topological polar surface area (TPSA) is 52.6 Å². The normalized spacial score (nSPS) is 26.7. The molecule has 1 aliphatic rings. The Hall–Kier alpha value is -1.06. The van der Waals surface area contributed by atoms with Gasteiger partial charge in [-0.1, -0.05) is 0 Å². The van der Waals surface area contributed by atoms with Crippen molar-refractivity contribution in [1.82, 2.24) is 0 Å². The van der Waals surface area contributed by atoms with Crippen molar-refractivity contribution in [2.75, 3.05) is 14.2 Å². The molecular weight excluding hydrogens is 184 g/mol. The highest BCUT2D eigenvalue weighted by molar-refractivity contribution is 5.75. The van der Waals surface area contributed by atoms with E-state index in [0.717, 1.165) is 25.7 Å². The van der Waals surface area contributed by atoms with Crippen LogP contribution in [0.25, 0.3) is 0 Å². The molecule has 0 N–H and O–H groups in total. The molecule has 0 aromatic carbocycles. The number of carbonyl (C=O) groups excluding carboxylic acids is 2. The molecule has 0 radical (unpaired) electrons. The maximum atomic E-state index is 11.2. The SMILES string of the molecule is COC(=O)[C@H]1CC[C@@H](C(=O)OC)CC1. The molecule has 4 nitrogen and oxygen atoms in total. The minimum absolute atomic E-state index is 0.0269. The summed E-state index contributed by atoms with van der Waals surface area (Å²) in [6.07, 6.45) is 2.91. The summed E-state index contributed by atoms with van der Waals surface area (Å²) >= 11 is 0. The molecule has 0 spiro atoms. The van der Waals surface area contributed by atoms with E-state index >= 15 is 0 Å². The van der Waals surface area contributed by atoms with Crippen LogP contribution in [-0.4, -0.2) is 26.2 Å². The van der Waals surface area contributed by atoms with Gasteiger partial charge in [-0.3, -0.25) is 9.59 Å². The van der Waals surface area contributed by atoms with Crippen molar-refractivity contribution in [1.29, 1.82) is 0 Å². The van der Waals surface area contributed by atoms with Gasteiger partial charge in [-0.2, -0.15) is 0 Å². The van der Waals surface area contributed by atoms with Crippen LogP contribution in [0, 0.1) is 11.8 Å². The molecule has 0 aliphatic heterocycles. The van der Waals surface area contributed by atoms with E-state index < -0.39 is 0 Å². The minimum Gasteiger partial charge on any atom is -0.469 e. The van der Waals surface area contributed by atoms with Crippen LogP contribution in [0.15, 0.2) is 0 Å². The first-order valence-corrected chi connectivity index (χ1v) is 4.84. The van der Waals surface area contributed by atoms with Gasteiger partial charge in [-0.15, -0.1) is 0 Å². The third-order valence-corrected chi connectivity index (χ3v) is 2.80. The number of hydrogen-bond donors (Lipinski definition) is 0. The van der Waals surface area contributed by atoms with Crippen LogP contribution in [0.3, 0.4) is 0 Å². The summed E-state index contributed by atoms with van der Waals surface area (Å²) in [5, 5.41) is 0. The van der Waals surface area contributed by atoms with E-state index in [1.54, 1.807) is 0 Å². The number of carbonyl (C=O) groups is 2. The average Bonchev–Trinajstić information content (AvgIpc) is 2.27. The second kappa shape index (κ2) is 4.98. The van der Waals surface area contributed by atoms with E-state index in [1.165, 1.54) is 14.2 Å².